The Labute approximate surface area is 174 Å². The van der Waals surface area contributed by atoms with E-state index in [0.717, 1.165) is 11.4 Å². The van der Waals surface area contributed by atoms with Gasteiger partial charge in [-0.05, 0) is 25.0 Å². The molecule has 31 heavy (non-hydrogen) atoms. The molecular weight excluding hydrogens is 443 g/mol. The molecule has 0 radical (unpaired) electrons. The fourth-order valence-electron chi connectivity index (χ4n) is 3.12. The van der Waals surface area contributed by atoms with Crippen LogP contribution in [0.15, 0.2) is 29.2 Å². The summed E-state index contributed by atoms with van der Waals surface area (Å²) in [5.41, 5.74) is -0.102. The Hall–Kier alpha value is -3.00. The lowest BCUT2D eigenvalue weighted by atomic mass is 9.97. The molecule has 1 aliphatic heterocycles. The summed E-state index contributed by atoms with van der Waals surface area (Å²) in [6.45, 7) is -0.0323. The van der Waals surface area contributed by atoms with E-state index in [9.17, 15) is 31.2 Å². The molecule has 0 atom stereocenters. The van der Waals surface area contributed by atoms with Crippen molar-refractivity contribution in [1.29, 1.82) is 0 Å². The summed E-state index contributed by atoms with van der Waals surface area (Å²) in [4.78, 5) is 27.2. The van der Waals surface area contributed by atoms with Crippen molar-refractivity contribution >= 4 is 27.8 Å². The van der Waals surface area contributed by atoms with Crippen LogP contribution in [0.1, 0.15) is 29.0 Å². The lowest BCUT2D eigenvalue weighted by Gasteiger charge is -2.30. The predicted molar refractivity (Wildman–Crippen MR) is 99.3 cm³/mol. The van der Waals surface area contributed by atoms with Crippen LogP contribution < -0.4 is 5.32 Å². The Bertz CT molecular complexity index is 1080. The van der Waals surface area contributed by atoms with Crippen LogP contribution in [-0.4, -0.2) is 60.0 Å². The van der Waals surface area contributed by atoms with E-state index in [4.69, 9.17) is 0 Å². The number of nitrogens with zero attached hydrogens (tertiary/aromatic N) is 3. The van der Waals surface area contributed by atoms with E-state index in [0.29, 0.717) is 0 Å². The fraction of sp³-hybridized carbons (Fsp3) is 0.412. The van der Waals surface area contributed by atoms with E-state index in [1.54, 1.807) is 5.10 Å². The monoisotopic (exact) mass is 461 g/mol. The molecule has 2 aromatic rings. The number of amides is 1. The van der Waals surface area contributed by atoms with Gasteiger partial charge in [-0.2, -0.15) is 22.5 Å². The van der Waals surface area contributed by atoms with Gasteiger partial charge in [-0.3, -0.25) is 15.2 Å². The zero-order valence-corrected chi connectivity index (χ0v) is 17.0. The highest BCUT2D eigenvalue weighted by atomic mass is 32.2. The second-order valence-electron chi connectivity index (χ2n) is 6.66. The van der Waals surface area contributed by atoms with Gasteiger partial charge in [-0.1, -0.05) is 12.1 Å². The smallest absolute Gasteiger partial charge is 0.451 e. The largest absolute Gasteiger partial charge is 0.465 e. The third kappa shape index (κ3) is 4.85. The van der Waals surface area contributed by atoms with Gasteiger partial charge in [0.15, 0.2) is 0 Å². The Morgan fingerprint density at radius 3 is 2.45 bits per heavy atom. The molecule has 1 saturated heterocycles. The van der Waals surface area contributed by atoms with E-state index >= 15 is 0 Å². The highest BCUT2D eigenvalue weighted by Crippen LogP contribution is 2.28. The molecule has 0 aliphatic carbocycles. The summed E-state index contributed by atoms with van der Waals surface area (Å²) in [7, 11) is -2.88. The Morgan fingerprint density at radius 1 is 1.23 bits per heavy atom. The lowest BCUT2D eigenvalue weighted by molar-refractivity contribution is -0.144. The van der Waals surface area contributed by atoms with Gasteiger partial charge in [0.1, 0.15) is 0 Å². The van der Waals surface area contributed by atoms with Crippen LogP contribution in [-0.2, 0) is 25.7 Å². The zero-order valence-electron chi connectivity index (χ0n) is 16.1. The van der Waals surface area contributed by atoms with E-state index in [2.05, 4.69) is 20.1 Å². The number of methoxy groups -OCH3 is 1. The molecule has 1 aliphatic rings. The predicted octanol–water partition coefficient (Wildman–Crippen LogP) is 1.65. The number of anilines is 1. The third-order valence-electron chi connectivity index (χ3n) is 4.72. The first-order chi connectivity index (χ1) is 14.5. The van der Waals surface area contributed by atoms with Crippen LogP contribution in [0.25, 0.3) is 0 Å². The number of piperidine rings is 1. The summed E-state index contributed by atoms with van der Waals surface area (Å²) >= 11 is 0. The van der Waals surface area contributed by atoms with Crippen molar-refractivity contribution in [2.24, 2.45) is 5.92 Å². The maximum absolute atomic E-state index is 13.0. The Balaban J connectivity index is 1.66. The van der Waals surface area contributed by atoms with Crippen LogP contribution in [0, 0.1) is 5.92 Å². The number of esters is 1. The van der Waals surface area contributed by atoms with Gasteiger partial charge in [0.2, 0.25) is 27.7 Å². The number of carbonyl (C=O) groups excluding carboxylic acids is 2. The molecule has 168 valence electrons. The van der Waals surface area contributed by atoms with Gasteiger partial charge in [0.25, 0.3) is 0 Å². The Kier molecular flexibility index (Phi) is 6.31. The molecule has 0 unspecified atom stereocenters. The van der Waals surface area contributed by atoms with Gasteiger partial charge in [0.05, 0.1) is 17.6 Å². The first-order valence-corrected chi connectivity index (χ1v) is 10.5. The molecule has 0 bridgehead atoms. The van der Waals surface area contributed by atoms with Gasteiger partial charge >= 0.3 is 12.1 Å². The van der Waals surface area contributed by atoms with Crippen LogP contribution in [0.3, 0.4) is 0 Å². The number of hydrogen-bond donors (Lipinski definition) is 2. The van der Waals surface area contributed by atoms with Gasteiger partial charge < -0.3 is 4.74 Å². The Morgan fingerprint density at radius 2 is 1.87 bits per heavy atom. The van der Waals surface area contributed by atoms with Gasteiger partial charge in [-0.15, -0.1) is 5.10 Å². The molecule has 1 aromatic carbocycles. The minimum atomic E-state index is -4.73. The molecule has 1 amide bonds. The maximum Gasteiger partial charge on any atom is 0.451 e. The van der Waals surface area contributed by atoms with Gasteiger partial charge in [-0.25, -0.2) is 13.2 Å². The number of carbonyl (C=O) groups is 2. The highest BCUT2D eigenvalue weighted by molar-refractivity contribution is 7.89. The van der Waals surface area contributed by atoms with Crippen molar-refractivity contribution in [2.75, 3.05) is 25.5 Å². The van der Waals surface area contributed by atoms with Crippen LogP contribution >= 0.6 is 0 Å². The van der Waals surface area contributed by atoms with Gasteiger partial charge in [0, 0.05) is 19.0 Å². The molecule has 3 rings (SSSR count). The van der Waals surface area contributed by atoms with Crippen LogP contribution in [0.4, 0.5) is 19.1 Å². The third-order valence-corrected chi connectivity index (χ3v) is 6.68. The van der Waals surface area contributed by atoms with Crippen LogP contribution in [0.2, 0.25) is 0 Å². The number of aromatic nitrogens is 3. The minimum Gasteiger partial charge on any atom is -0.465 e. The lowest BCUT2D eigenvalue weighted by Crippen LogP contribution is -2.41. The van der Waals surface area contributed by atoms with Crippen LogP contribution in [0.5, 0.6) is 0 Å². The number of rotatable bonds is 5. The second kappa shape index (κ2) is 8.63. The summed E-state index contributed by atoms with van der Waals surface area (Å²) in [5.74, 6) is -3.90. The number of alkyl halides is 3. The number of ether oxygens (including phenoxy) is 1. The molecule has 10 nitrogen and oxygen atoms in total. The average Bonchev–Trinajstić information content (AvgIpc) is 3.22. The summed E-state index contributed by atoms with van der Waals surface area (Å²) in [6.07, 6.45) is -4.47. The topological polar surface area (TPSA) is 134 Å². The van der Waals surface area contributed by atoms with Crippen molar-refractivity contribution < 1.29 is 35.9 Å². The minimum absolute atomic E-state index is 0.0161. The summed E-state index contributed by atoms with van der Waals surface area (Å²) in [6, 6.07) is 5.62. The fourth-order valence-corrected chi connectivity index (χ4v) is 4.77. The van der Waals surface area contributed by atoms with Crippen molar-refractivity contribution in [3.63, 3.8) is 0 Å². The van der Waals surface area contributed by atoms with Crippen molar-refractivity contribution in [3.8, 4) is 0 Å². The number of nitrogens with one attached hydrogen (secondary N) is 2. The number of aromatic amines is 1. The van der Waals surface area contributed by atoms with Crippen molar-refractivity contribution in [3.05, 3.63) is 35.7 Å². The quantitative estimate of drug-likeness (QED) is 0.647. The summed E-state index contributed by atoms with van der Waals surface area (Å²) < 4.78 is 69.4. The molecular formula is C17H18F3N5O5S. The molecule has 0 spiro atoms. The first-order valence-electron chi connectivity index (χ1n) is 9.02. The number of halogens is 3. The summed E-state index contributed by atoms with van der Waals surface area (Å²) in [5, 5.41) is 7.20. The van der Waals surface area contributed by atoms with Crippen molar-refractivity contribution in [1.82, 2.24) is 19.5 Å². The molecule has 1 aromatic heterocycles. The van der Waals surface area contributed by atoms with E-state index in [1.807, 2.05) is 0 Å². The second-order valence-corrected chi connectivity index (χ2v) is 8.57. The van der Waals surface area contributed by atoms with E-state index in [1.165, 1.54) is 24.3 Å². The average molecular weight is 461 g/mol. The van der Waals surface area contributed by atoms with Crippen molar-refractivity contribution in [2.45, 2.75) is 23.9 Å². The first kappa shape index (κ1) is 22.7. The SMILES string of the molecule is COC(=O)c1ccccc1S(=O)(=O)N1CCC(C(=O)Nc2n[nH]c(C(F)(F)F)n2)CC1. The molecule has 14 heteroatoms. The number of hydrogen-bond acceptors (Lipinski definition) is 7. The van der Waals surface area contributed by atoms with E-state index < -0.39 is 45.8 Å². The molecule has 0 saturated carbocycles. The molecule has 2 N–H and O–H groups in total. The van der Waals surface area contributed by atoms with E-state index in [-0.39, 0.29) is 36.4 Å². The molecule has 1 fully saturated rings. The normalized spacial score (nSPS) is 16.1. The molecule has 2 heterocycles. The number of H-pyrrole nitrogens is 1. The standard InChI is InChI=1S/C17H18F3N5O5S/c1-30-14(27)11-4-2-3-5-12(11)31(28,29)25-8-6-10(7-9-25)13(26)21-16-22-15(23-24-16)17(18,19)20/h2-5,10H,6-9H2,1H3,(H2,21,22,23,24,26). The highest BCUT2D eigenvalue weighted by Gasteiger charge is 2.37. The number of sulfonamides is 1. The maximum atomic E-state index is 13.0. The number of benzene rings is 1. The zero-order chi connectivity index (χ0) is 22.8.